The molecule has 0 aromatic rings. The van der Waals surface area contributed by atoms with Crippen molar-refractivity contribution in [3.63, 3.8) is 0 Å². The van der Waals surface area contributed by atoms with E-state index in [1.165, 1.54) is 4.31 Å². The van der Waals surface area contributed by atoms with Crippen molar-refractivity contribution in [1.29, 1.82) is 0 Å². The predicted molar refractivity (Wildman–Crippen MR) is 41.7 cm³/mol. The van der Waals surface area contributed by atoms with Gasteiger partial charge in [0, 0.05) is 14.1 Å². The van der Waals surface area contributed by atoms with Crippen LogP contribution in [0.4, 0.5) is 0 Å². The highest BCUT2D eigenvalue weighted by molar-refractivity contribution is 8.22. The summed E-state index contributed by atoms with van der Waals surface area (Å²) in [6, 6.07) is 0. The van der Waals surface area contributed by atoms with Crippen LogP contribution in [-0.4, -0.2) is 32.8 Å². The third-order valence-corrected chi connectivity index (χ3v) is 3.51. The van der Waals surface area contributed by atoms with Crippen LogP contribution in [0.15, 0.2) is 0 Å². The molecule has 3 nitrogen and oxygen atoms in total. The zero-order valence-electron chi connectivity index (χ0n) is 6.33. The molecular formula is C5H15NO2S. The number of nitrogens with zero attached hydrogens (tertiary/aromatic N) is 1. The molecule has 0 amide bonds. The van der Waals surface area contributed by atoms with E-state index in [2.05, 4.69) is 0 Å². The third-order valence-electron chi connectivity index (χ3n) is 1.17. The van der Waals surface area contributed by atoms with Gasteiger partial charge in [0.25, 0.3) is 0 Å². The van der Waals surface area contributed by atoms with Gasteiger partial charge in [0.15, 0.2) is 0 Å². The van der Waals surface area contributed by atoms with Crippen molar-refractivity contribution in [1.82, 2.24) is 4.31 Å². The lowest BCUT2D eigenvalue weighted by atomic mass is 10.6. The Morgan fingerprint density at radius 3 is 1.56 bits per heavy atom. The summed E-state index contributed by atoms with van der Waals surface area (Å²) in [7, 11) is 0.843. The largest absolute Gasteiger partial charge is 0.285 e. The first-order valence-corrected chi connectivity index (χ1v) is 4.40. The highest BCUT2D eigenvalue weighted by Gasteiger charge is 2.18. The second-order valence-electron chi connectivity index (χ2n) is 2.42. The maximum Gasteiger partial charge on any atom is 0.0584 e. The SMILES string of the molecule is CC(C)S(O)(O)N(C)C. The van der Waals surface area contributed by atoms with E-state index >= 15 is 0 Å². The molecule has 0 aromatic heterocycles. The van der Waals surface area contributed by atoms with E-state index in [0.717, 1.165) is 0 Å². The van der Waals surface area contributed by atoms with E-state index in [4.69, 9.17) is 0 Å². The quantitative estimate of drug-likeness (QED) is 0.633. The van der Waals surface area contributed by atoms with Crippen molar-refractivity contribution >= 4 is 10.8 Å². The van der Waals surface area contributed by atoms with Crippen LogP contribution in [0.3, 0.4) is 0 Å². The molecular weight excluding hydrogens is 138 g/mol. The van der Waals surface area contributed by atoms with Crippen molar-refractivity contribution in [3.05, 3.63) is 0 Å². The fraction of sp³-hybridized carbons (Fsp3) is 1.00. The topological polar surface area (TPSA) is 43.7 Å². The fourth-order valence-electron chi connectivity index (χ4n) is 0.422. The first kappa shape index (κ1) is 9.23. The molecule has 0 rings (SSSR count). The molecule has 0 fully saturated rings. The van der Waals surface area contributed by atoms with Gasteiger partial charge in [0.2, 0.25) is 0 Å². The minimum Gasteiger partial charge on any atom is -0.285 e. The van der Waals surface area contributed by atoms with Crippen LogP contribution in [0.5, 0.6) is 0 Å². The maximum absolute atomic E-state index is 9.23. The molecule has 2 N–H and O–H groups in total. The van der Waals surface area contributed by atoms with Crippen LogP contribution >= 0.6 is 10.8 Å². The Labute approximate surface area is 58.2 Å². The van der Waals surface area contributed by atoms with Crippen LogP contribution in [0.2, 0.25) is 0 Å². The molecule has 0 saturated carbocycles. The molecule has 58 valence electrons. The molecule has 0 atom stereocenters. The minimum atomic E-state index is -2.48. The summed E-state index contributed by atoms with van der Waals surface area (Å²) in [6.07, 6.45) is 0. The summed E-state index contributed by atoms with van der Waals surface area (Å²) in [5, 5.41) is -0.0903. The molecule has 0 aliphatic heterocycles. The molecule has 0 bridgehead atoms. The lowest BCUT2D eigenvalue weighted by molar-refractivity contribution is 0.404. The molecule has 0 aromatic carbocycles. The number of hydrogen-bond donors (Lipinski definition) is 2. The smallest absolute Gasteiger partial charge is 0.0584 e. The maximum atomic E-state index is 9.23. The van der Waals surface area contributed by atoms with Gasteiger partial charge in [0.05, 0.1) is 5.25 Å². The Kier molecular flexibility index (Phi) is 2.95. The zero-order chi connectivity index (χ0) is 7.65. The van der Waals surface area contributed by atoms with E-state index < -0.39 is 10.8 Å². The minimum absolute atomic E-state index is 0.0903. The summed E-state index contributed by atoms with van der Waals surface area (Å²) in [6.45, 7) is 3.57. The lowest BCUT2D eigenvalue weighted by Crippen LogP contribution is -2.25. The second kappa shape index (κ2) is 2.88. The van der Waals surface area contributed by atoms with Crippen molar-refractivity contribution in [2.75, 3.05) is 14.1 Å². The van der Waals surface area contributed by atoms with Gasteiger partial charge in [-0.15, -0.1) is 10.8 Å². The van der Waals surface area contributed by atoms with E-state index in [0.29, 0.717) is 0 Å². The second-order valence-corrected chi connectivity index (χ2v) is 5.22. The third kappa shape index (κ3) is 2.14. The molecule has 0 spiro atoms. The van der Waals surface area contributed by atoms with E-state index in [9.17, 15) is 9.11 Å². The van der Waals surface area contributed by atoms with E-state index in [1.807, 2.05) is 0 Å². The lowest BCUT2D eigenvalue weighted by Gasteiger charge is -2.41. The molecule has 0 aliphatic rings. The molecule has 0 aliphatic carbocycles. The Balaban J connectivity index is 4.01. The van der Waals surface area contributed by atoms with Gasteiger partial charge in [-0.1, -0.05) is 0 Å². The molecule has 0 unspecified atom stereocenters. The molecule has 4 heteroatoms. The summed E-state index contributed by atoms with van der Waals surface area (Å²) < 4.78 is 19.9. The van der Waals surface area contributed by atoms with Gasteiger partial charge in [-0.05, 0) is 13.8 Å². The van der Waals surface area contributed by atoms with Gasteiger partial charge < -0.3 is 0 Å². The number of rotatable bonds is 2. The Morgan fingerprint density at radius 1 is 1.22 bits per heavy atom. The molecule has 0 saturated heterocycles. The Hall–Kier alpha value is 0.230. The average Bonchev–Trinajstić information content (AvgIpc) is 1.65. The van der Waals surface area contributed by atoms with Gasteiger partial charge in [-0.3, -0.25) is 9.11 Å². The first-order valence-electron chi connectivity index (χ1n) is 2.83. The predicted octanol–water partition coefficient (Wildman–Crippen LogP) is 1.62. The van der Waals surface area contributed by atoms with E-state index in [-0.39, 0.29) is 5.25 Å². The van der Waals surface area contributed by atoms with Crippen LogP contribution in [-0.2, 0) is 0 Å². The van der Waals surface area contributed by atoms with Crippen molar-refractivity contribution < 1.29 is 9.11 Å². The van der Waals surface area contributed by atoms with Gasteiger partial charge in [-0.2, -0.15) is 0 Å². The van der Waals surface area contributed by atoms with Gasteiger partial charge in [0.1, 0.15) is 0 Å². The molecule has 9 heavy (non-hydrogen) atoms. The Morgan fingerprint density at radius 2 is 1.56 bits per heavy atom. The monoisotopic (exact) mass is 153 g/mol. The van der Waals surface area contributed by atoms with Crippen molar-refractivity contribution in [3.8, 4) is 0 Å². The fourth-order valence-corrected chi connectivity index (χ4v) is 1.26. The van der Waals surface area contributed by atoms with Gasteiger partial charge >= 0.3 is 0 Å². The summed E-state index contributed by atoms with van der Waals surface area (Å²) in [5.74, 6) is 0. The summed E-state index contributed by atoms with van der Waals surface area (Å²) >= 11 is 0. The number of hydrogen-bond acceptors (Lipinski definition) is 3. The van der Waals surface area contributed by atoms with Crippen LogP contribution in [0, 0.1) is 0 Å². The molecule has 0 radical (unpaired) electrons. The van der Waals surface area contributed by atoms with Crippen LogP contribution < -0.4 is 0 Å². The summed E-state index contributed by atoms with van der Waals surface area (Å²) in [4.78, 5) is 0. The van der Waals surface area contributed by atoms with Crippen molar-refractivity contribution in [2.45, 2.75) is 19.1 Å². The van der Waals surface area contributed by atoms with Crippen LogP contribution in [0.1, 0.15) is 13.8 Å². The summed E-state index contributed by atoms with van der Waals surface area (Å²) in [5.41, 5.74) is 0. The Bertz CT molecular complexity index is 83.0. The normalized spacial score (nSPS) is 15.1. The average molecular weight is 153 g/mol. The zero-order valence-corrected chi connectivity index (χ0v) is 7.14. The van der Waals surface area contributed by atoms with Crippen LogP contribution in [0.25, 0.3) is 0 Å². The molecule has 0 heterocycles. The van der Waals surface area contributed by atoms with E-state index in [1.54, 1.807) is 27.9 Å². The highest BCUT2D eigenvalue weighted by Crippen LogP contribution is 2.45. The van der Waals surface area contributed by atoms with Gasteiger partial charge in [-0.25, -0.2) is 4.31 Å². The van der Waals surface area contributed by atoms with Crippen molar-refractivity contribution in [2.24, 2.45) is 0 Å². The highest BCUT2D eigenvalue weighted by atomic mass is 32.3. The standard InChI is InChI=1S/C5H15NO2S/c1-5(2)9(7,8)6(3)4/h5,7-8H,1-4H3. The first-order chi connectivity index (χ1) is 3.89.